The van der Waals surface area contributed by atoms with Crippen LogP contribution in [0.15, 0.2) is 61.3 Å². The van der Waals surface area contributed by atoms with E-state index in [1.54, 1.807) is 18.6 Å². The summed E-state index contributed by atoms with van der Waals surface area (Å²) in [6.45, 7) is 4.08. The van der Waals surface area contributed by atoms with Crippen molar-refractivity contribution < 1.29 is 31.9 Å². The molecule has 18 heteroatoms. The van der Waals surface area contributed by atoms with E-state index in [9.17, 15) is 27.6 Å². The maximum absolute atomic E-state index is 15.1. The van der Waals surface area contributed by atoms with Gasteiger partial charge in [0.1, 0.15) is 17.1 Å². The number of H-pyrrole nitrogens is 1. The Bertz CT molecular complexity index is 2190. The number of aromatic amines is 1. The number of alkyl halides is 3. The summed E-state index contributed by atoms with van der Waals surface area (Å²) in [5.74, 6) is -2.37. The molecule has 2 fully saturated rings. The monoisotopic (exact) mass is 759 g/mol. The van der Waals surface area contributed by atoms with Gasteiger partial charge in [-0.25, -0.2) is 24.0 Å². The van der Waals surface area contributed by atoms with Gasteiger partial charge < -0.3 is 5.32 Å². The molecule has 1 atom stereocenters. The van der Waals surface area contributed by atoms with E-state index in [0.717, 1.165) is 63.0 Å². The Morgan fingerprint density at radius 2 is 1.69 bits per heavy atom. The average Bonchev–Trinajstić information content (AvgIpc) is 3.86. The lowest BCUT2D eigenvalue weighted by molar-refractivity contribution is -0.182. The molecule has 0 spiro atoms. The van der Waals surface area contributed by atoms with Crippen LogP contribution < -0.4 is 10.6 Å². The first-order valence-corrected chi connectivity index (χ1v) is 17.7. The van der Waals surface area contributed by atoms with Gasteiger partial charge in [0.2, 0.25) is 17.8 Å². The molecule has 2 saturated heterocycles. The number of piperidine rings is 2. The highest BCUT2D eigenvalue weighted by Gasteiger charge is 2.51. The lowest BCUT2D eigenvalue weighted by atomic mass is 9.89. The lowest BCUT2D eigenvalue weighted by Gasteiger charge is -2.32. The van der Waals surface area contributed by atoms with Crippen LogP contribution in [0.1, 0.15) is 90.2 Å². The van der Waals surface area contributed by atoms with E-state index in [1.165, 1.54) is 23.1 Å². The fraction of sp³-hybridized carbons (Fsp3) is 0.378. The summed E-state index contributed by atoms with van der Waals surface area (Å²) in [6, 6.07) is 9.45. The normalized spacial score (nSPS) is 17.3. The molecule has 55 heavy (non-hydrogen) atoms. The largest absolute Gasteiger partial charge is 0.401 e. The highest BCUT2D eigenvalue weighted by molar-refractivity contribution is 6.00. The zero-order valence-electron chi connectivity index (χ0n) is 29.9. The molecule has 2 aliphatic heterocycles. The van der Waals surface area contributed by atoms with E-state index < -0.39 is 41.0 Å². The van der Waals surface area contributed by atoms with Gasteiger partial charge in [0, 0.05) is 49.2 Å². The summed E-state index contributed by atoms with van der Waals surface area (Å²) >= 11 is 0. The number of aromatic nitrogens is 8. The third-order valence-electron chi connectivity index (χ3n) is 10.1. The maximum Gasteiger partial charge on any atom is 0.401 e. The quantitative estimate of drug-likeness (QED) is 0.134. The fourth-order valence-electron chi connectivity index (χ4n) is 6.58. The molecule has 1 aromatic carbocycles. The van der Waals surface area contributed by atoms with Gasteiger partial charge in [0.25, 0.3) is 5.91 Å². The molecule has 0 saturated carbocycles. The summed E-state index contributed by atoms with van der Waals surface area (Å²) < 4.78 is 56.4. The van der Waals surface area contributed by atoms with Crippen molar-refractivity contribution in [1.29, 1.82) is 0 Å². The van der Waals surface area contributed by atoms with E-state index in [1.807, 2.05) is 24.3 Å². The SMILES string of the molecule is CC(C)(c1n[nH]c(CNC(=O)c2cnn(-c3ncc(-c4ccc(CN5CCC(c6ncc(C7CCC(=O)NC7=O)cc6F)CC5)cc4)cn3)c2)n1)C(F)(F)F. The number of hydrogen-bond donors (Lipinski definition) is 3. The standard InChI is InChI=1S/C37H37F4N11O3/c1-36(2,37(39,40)41)34-47-29(49-50-34)18-43-32(54)26-17-46-52(20-26)35-44-15-25(16-45-35)22-5-3-21(4-6-22)19-51-11-9-23(10-12-51)31-28(38)13-24(14-42-31)27-7-8-30(53)48-33(27)55/h3-6,13-17,20,23,27H,7-12,18-19H2,1-2H3,(H,43,54)(H,47,49,50)(H,48,53,55). The minimum atomic E-state index is -4.54. The van der Waals surface area contributed by atoms with E-state index in [4.69, 9.17) is 0 Å². The third kappa shape index (κ3) is 8.13. The molecule has 2 aliphatic rings. The summed E-state index contributed by atoms with van der Waals surface area (Å²) in [5, 5.41) is 15.2. The van der Waals surface area contributed by atoms with Gasteiger partial charge in [0.05, 0.1) is 29.9 Å². The smallest absolute Gasteiger partial charge is 0.345 e. The average molecular weight is 760 g/mol. The number of nitrogens with one attached hydrogen (secondary N) is 3. The van der Waals surface area contributed by atoms with Gasteiger partial charge in [-0.15, -0.1) is 0 Å². The molecule has 3 N–H and O–H groups in total. The number of carbonyl (C=O) groups excluding carboxylic acids is 3. The first kappa shape index (κ1) is 37.4. The van der Waals surface area contributed by atoms with E-state index in [-0.39, 0.29) is 42.1 Å². The van der Waals surface area contributed by atoms with Crippen LogP contribution in [0.3, 0.4) is 0 Å². The van der Waals surface area contributed by atoms with Crippen molar-refractivity contribution in [2.24, 2.45) is 0 Å². The zero-order chi connectivity index (χ0) is 38.9. The Labute approximate surface area is 312 Å². The summed E-state index contributed by atoms with van der Waals surface area (Å²) in [6.07, 6.45) is 5.16. The van der Waals surface area contributed by atoms with Crippen LogP contribution in [-0.2, 0) is 28.1 Å². The van der Waals surface area contributed by atoms with Crippen molar-refractivity contribution >= 4 is 17.7 Å². The molecule has 286 valence electrons. The Morgan fingerprint density at radius 3 is 2.36 bits per heavy atom. The first-order valence-electron chi connectivity index (χ1n) is 17.7. The Balaban J connectivity index is 0.889. The van der Waals surface area contributed by atoms with Crippen molar-refractivity contribution in [3.05, 3.63) is 101 Å². The molecule has 4 aromatic heterocycles. The van der Waals surface area contributed by atoms with Crippen LogP contribution in [-0.4, -0.2) is 81.8 Å². The summed E-state index contributed by atoms with van der Waals surface area (Å²) in [7, 11) is 0. The minimum absolute atomic E-state index is 0.0213. The van der Waals surface area contributed by atoms with Gasteiger partial charge >= 0.3 is 6.18 Å². The van der Waals surface area contributed by atoms with Crippen molar-refractivity contribution in [2.75, 3.05) is 13.1 Å². The second-order valence-electron chi connectivity index (χ2n) is 14.2. The highest BCUT2D eigenvalue weighted by Crippen LogP contribution is 2.38. The maximum atomic E-state index is 15.1. The molecule has 1 unspecified atom stereocenters. The predicted octanol–water partition coefficient (Wildman–Crippen LogP) is 4.65. The second-order valence-corrected chi connectivity index (χ2v) is 14.2. The molecule has 5 aromatic rings. The molecular weight excluding hydrogens is 722 g/mol. The zero-order valence-corrected chi connectivity index (χ0v) is 29.9. The van der Waals surface area contributed by atoms with Crippen molar-refractivity contribution in [2.45, 2.75) is 76.0 Å². The number of carbonyl (C=O) groups is 3. The highest BCUT2D eigenvalue weighted by atomic mass is 19.4. The summed E-state index contributed by atoms with van der Waals surface area (Å²) in [5.41, 5.74) is 1.65. The molecule has 14 nitrogen and oxygen atoms in total. The van der Waals surface area contributed by atoms with Crippen LogP contribution in [0, 0.1) is 5.82 Å². The third-order valence-corrected chi connectivity index (χ3v) is 10.1. The number of likely N-dealkylation sites (tertiary alicyclic amines) is 1. The van der Waals surface area contributed by atoms with E-state index in [0.29, 0.717) is 17.7 Å². The Kier molecular flexibility index (Phi) is 10.3. The van der Waals surface area contributed by atoms with Crippen LogP contribution in [0.2, 0.25) is 0 Å². The second kappa shape index (κ2) is 15.1. The van der Waals surface area contributed by atoms with E-state index >= 15 is 4.39 Å². The van der Waals surface area contributed by atoms with Crippen LogP contribution in [0.25, 0.3) is 17.1 Å². The number of amides is 3. The van der Waals surface area contributed by atoms with Crippen LogP contribution >= 0.6 is 0 Å². The molecule has 3 amide bonds. The summed E-state index contributed by atoms with van der Waals surface area (Å²) in [4.78, 5) is 55.8. The van der Waals surface area contributed by atoms with Gasteiger partial charge in [-0.05, 0) is 69.0 Å². The molecule has 7 rings (SSSR count). The lowest BCUT2D eigenvalue weighted by Crippen LogP contribution is -2.39. The molecule has 0 radical (unpaired) electrons. The molecule has 6 heterocycles. The van der Waals surface area contributed by atoms with E-state index in [2.05, 4.69) is 50.8 Å². The number of hydrogen-bond acceptors (Lipinski definition) is 10. The van der Waals surface area contributed by atoms with Crippen molar-refractivity contribution in [3.8, 4) is 17.1 Å². The van der Waals surface area contributed by atoms with Gasteiger partial charge in [-0.2, -0.15) is 23.4 Å². The Hall–Kier alpha value is -5.91. The Morgan fingerprint density at radius 1 is 0.964 bits per heavy atom. The topological polar surface area (TPSA) is 177 Å². The fourth-order valence-corrected chi connectivity index (χ4v) is 6.58. The number of rotatable bonds is 10. The number of imide groups is 1. The van der Waals surface area contributed by atoms with Crippen LogP contribution in [0.4, 0.5) is 17.6 Å². The van der Waals surface area contributed by atoms with Gasteiger partial charge in [-0.1, -0.05) is 24.3 Å². The molecule has 0 aliphatic carbocycles. The van der Waals surface area contributed by atoms with Gasteiger partial charge in [-0.3, -0.25) is 34.7 Å². The number of pyridine rings is 1. The van der Waals surface area contributed by atoms with Crippen molar-refractivity contribution in [1.82, 2.24) is 55.4 Å². The number of nitrogens with zero attached hydrogens (tertiary/aromatic N) is 8. The predicted molar refractivity (Wildman–Crippen MR) is 188 cm³/mol. The molecular formula is C37H37F4N11O3. The van der Waals surface area contributed by atoms with Gasteiger partial charge in [0.15, 0.2) is 5.82 Å². The number of halogens is 4. The molecule has 0 bridgehead atoms. The number of benzene rings is 1. The van der Waals surface area contributed by atoms with Crippen LogP contribution in [0.5, 0.6) is 0 Å². The van der Waals surface area contributed by atoms with Crippen molar-refractivity contribution in [3.63, 3.8) is 0 Å². The first-order chi connectivity index (χ1) is 26.2. The minimum Gasteiger partial charge on any atom is -0.345 e.